The van der Waals surface area contributed by atoms with Crippen molar-refractivity contribution < 1.29 is 9.53 Å². The van der Waals surface area contributed by atoms with E-state index in [2.05, 4.69) is 21.8 Å². The first-order chi connectivity index (χ1) is 14.8. The summed E-state index contributed by atoms with van der Waals surface area (Å²) < 4.78 is 7.22. The lowest BCUT2D eigenvalue weighted by Gasteiger charge is -2.21. The zero-order valence-electron chi connectivity index (χ0n) is 16.8. The van der Waals surface area contributed by atoms with Crippen LogP contribution in [-0.4, -0.2) is 34.3 Å². The van der Waals surface area contributed by atoms with E-state index in [-0.39, 0.29) is 6.03 Å². The number of nitrogens with one attached hydrogen (secondary N) is 2. The van der Waals surface area contributed by atoms with Gasteiger partial charge in [0.25, 0.3) is 0 Å². The van der Waals surface area contributed by atoms with Crippen LogP contribution in [0.1, 0.15) is 24.0 Å². The fourth-order valence-electron chi connectivity index (χ4n) is 3.33. The largest absolute Gasteiger partial charge is 0.381 e. The first kappa shape index (κ1) is 20.5. The van der Waals surface area contributed by atoms with Gasteiger partial charge in [0.2, 0.25) is 0 Å². The normalized spacial score (nSPS) is 14.4. The van der Waals surface area contributed by atoms with Gasteiger partial charge < -0.3 is 15.4 Å². The fraction of sp³-hybridized carbons (Fsp3) is 0.304. The summed E-state index contributed by atoms with van der Waals surface area (Å²) in [6, 6.07) is 17.7. The van der Waals surface area contributed by atoms with Crippen molar-refractivity contribution in [3.63, 3.8) is 0 Å². The molecule has 156 valence electrons. The Morgan fingerprint density at radius 3 is 2.77 bits per heavy atom. The number of anilines is 1. The monoisotopic (exact) mass is 422 g/mol. The molecule has 1 fully saturated rings. The van der Waals surface area contributed by atoms with Crippen LogP contribution in [0.2, 0.25) is 0 Å². The van der Waals surface area contributed by atoms with Gasteiger partial charge in [-0.25, -0.2) is 9.48 Å². The first-order valence-corrected chi connectivity index (χ1v) is 11.2. The number of urea groups is 1. The van der Waals surface area contributed by atoms with E-state index in [0.29, 0.717) is 11.8 Å². The highest BCUT2D eigenvalue weighted by atomic mass is 32.2. The highest BCUT2D eigenvalue weighted by molar-refractivity contribution is 7.99. The molecule has 0 aliphatic carbocycles. The van der Waals surface area contributed by atoms with Crippen molar-refractivity contribution in [1.29, 1.82) is 0 Å². The molecule has 3 aromatic rings. The lowest BCUT2D eigenvalue weighted by molar-refractivity contribution is 0.1000. The third-order valence-electron chi connectivity index (χ3n) is 4.95. The molecule has 7 heteroatoms. The quantitative estimate of drug-likeness (QED) is 0.584. The molecule has 0 atom stereocenters. The minimum atomic E-state index is -0.225. The average Bonchev–Trinajstić information content (AvgIpc) is 3.27. The third-order valence-corrected chi connectivity index (χ3v) is 6.39. The summed E-state index contributed by atoms with van der Waals surface area (Å²) in [5.74, 6) is 0.945. The predicted molar refractivity (Wildman–Crippen MR) is 121 cm³/mol. The minimum Gasteiger partial charge on any atom is -0.381 e. The Balaban J connectivity index is 1.25. The van der Waals surface area contributed by atoms with E-state index < -0.39 is 0 Å². The zero-order valence-corrected chi connectivity index (χ0v) is 17.6. The molecule has 6 nitrogen and oxygen atoms in total. The molecule has 2 heterocycles. The van der Waals surface area contributed by atoms with Gasteiger partial charge in [-0.05, 0) is 42.7 Å². The van der Waals surface area contributed by atoms with E-state index in [4.69, 9.17) is 4.74 Å². The van der Waals surface area contributed by atoms with Gasteiger partial charge in [0.1, 0.15) is 0 Å². The van der Waals surface area contributed by atoms with Gasteiger partial charge in [0.15, 0.2) is 0 Å². The molecule has 2 N–H and O–H groups in total. The number of benzene rings is 2. The summed E-state index contributed by atoms with van der Waals surface area (Å²) in [6.45, 7) is 2.14. The van der Waals surface area contributed by atoms with Crippen LogP contribution in [0.4, 0.5) is 10.5 Å². The summed E-state index contributed by atoms with van der Waals surface area (Å²) in [4.78, 5) is 12.3. The molecular weight excluding hydrogens is 396 g/mol. The number of amides is 2. The molecule has 0 saturated carbocycles. The molecule has 2 amide bonds. The highest BCUT2D eigenvalue weighted by Crippen LogP contribution is 2.26. The molecule has 1 saturated heterocycles. The molecule has 1 aliphatic heterocycles. The van der Waals surface area contributed by atoms with Gasteiger partial charge in [-0.1, -0.05) is 30.3 Å². The molecule has 0 bridgehead atoms. The third kappa shape index (κ3) is 5.87. The predicted octanol–water partition coefficient (Wildman–Crippen LogP) is 4.61. The Morgan fingerprint density at radius 2 is 1.93 bits per heavy atom. The number of aromatic nitrogens is 2. The van der Waals surface area contributed by atoms with Crippen LogP contribution in [-0.2, 0) is 17.0 Å². The summed E-state index contributed by atoms with van der Waals surface area (Å²) >= 11 is 1.97. The van der Waals surface area contributed by atoms with E-state index >= 15 is 0 Å². The van der Waals surface area contributed by atoms with Crippen LogP contribution in [0.3, 0.4) is 0 Å². The van der Waals surface area contributed by atoms with Crippen molar-refractivity contribution in [3.8, 4) is 5.69 Å². The first-order valence-electron chi connectivity index (χ1n) is 10.2. The Labute approximate surface area is 181 Å². The van der Waals surface area contributed by atoms with Crippen molar-refractivity contribution in [1.82, 2.24) is 15.1 Å². The number of hydrogen-bond acceptors (Lipinski definition) is 4. The molecule has 2 aromatic carbocycles. The van der Waals surface area contributed by atoms with Crippen molar-refractivity contribution in [2.45, 2.75) is 30.4 Å². The summed E-state index contributed by atoms with van der Waals surface area (Å²) in [6.07, 6.45) is 5.92. The van der Waals surface area contributed by atoms with Crippen LogP contribution >= 0.6 is 11.8 Å². The molecule has 0 spiro atoms. The number of carbonyl (C=O) groups is 1. The maximum Gasteiger partial charge on any atom is 0.319 e. The van der Waals surface area contributed by atoms with Crippen LogP contribution < -0.4 is 10.6 Å². The number of para-hydroxylation sites is 1. The molecule has 0 radical (unpaired) electrons. The van der Waals surface area contributed by atoms with E-state index in [0.717, 1.165) is 48.7 Å². The topological polar surface area (TPSA) is 68.2 Å². The molecule has 30 heavy (non-hydrogen) atoms. The standard InChI is InChI=1S/C23H26N4O2S/c28-23(24-14-19-15-25-27(16-19)21-7-2-1-3-8-21)26-20-6-4-5-18(13-20)17-30-22-9-11-29-12-10-22/h1-8,13,15-16,22H,9-12,14,17H2,(H2,24,26,28). The second kappa shape index (κ2) is 10.3. The number of thioether (sulfide) groups is 1. The van der Waals surface area contributed by atoms with Gasteiger partial charge in [-0.3, -0.25) is 0 Å². The van der Waals surface area contributed by atoms with Crippen LogP contribution in [0.15, 0.2) is 67.0 Å². The molecule has 1 aromatic heterocycles. The van der Waals surface area contributed by atoms with Gasteiger partial charge in [0, 0.05) is 48.2 Å². The minimum absolute atomic E-state index is 0.225. The van der Waals surface area contributed by atoms with Crippen molar-refractivity contribution in [2.75, 3.05) is 18.5 Å². The highest BCUT2D eigenvalue weighted by Gasteiger charge is 2.14. The van der Waals surface area contributed by atoms with Crippen LogP contribution in [0, 0.1) is 0 Å². The Morgan fingerprint density at radius 1 is 1.10 bits per heavy atom. The maximum absolute atomic E-state index is 12.3. The SMILES string of the molecule is O=C(NCc1cnn(-c2ccccc2)c1)Nc1cccc(CSC2CCOCC2)c1. The van der Waals surface area contributed by atoms with Gasteiger partial charge >= 0.3 is 6.03 Å². The lowest BCUT2D eigenvalue weighted by atomic mass is 10.2. The molecular formula is C23H26N4O2S. The summed E-state index contributed by atoms with van der Waals surface area (Å²) in [7, 11) is 0. The number of hydrogen-bond donors (Lipinski definition) is 2. The summed E-state index contributed by atoms with van der Waals surface area (Å²) in [5, 5.41) is 10.8. The fourth-order valence-corrected chi connectivity index (χ4v) is 4.46. The number of ether oxygens (including phenoxy) is 1. The van der Waals surface area contributed by atoms with Crippen molar-refractivity contribution in [3.05, 3.63) is 78.1 Å². The Kier molecular flexibility index (Phi) is 7.05. The molecule has 0 unspecified atom stereocenters. The van der Waals surface area contributed by atoms with Gasteiger partial charge in [-0.2, -0.15) is 16.9 Å². The van der Waals surface area contributed by atoms with E-state index in [1.807, 2.05) is 66.5 Å². The maximum atomic E-state index is 12.3. The number of rotatable bonds is 7. The Hall–Kier alpha value is -2.77. The number of nitrogens with zero attached hydrogens (tertiary/aromatic N) is 2. The van der Waals surface area contributed by atoms with E-state index in [9.17, 15) is 4.79 Å². The van der Waals surface area contributed by atoms with Gasteiger partial charge in [0.05, 0.1) is 11.9 Å². The smallest absolute Gasteiger partial charge is 0.319 e. The number of carbonyl (C=O) groups excluding carboxylic acids is 1. The second-order valence-corrected chi connectivity index (χ2v) is 8.55. The lowest BCUT2D eigenvalue weighted by Crippen LogP contribution is -2.28. The zero-order chi connectivity index (χ0) is 20.6. The molecule has 1 aliphatic rings. The second-order valence-electron chi connectivity index (χ2n) is 7.26. The van der Waals surface area contributed by atoms with E-state index in [1.54, 1.807) is 10.9 Å². The summed E-state index contributed by atoms with van der Waals surface area (Å²) in [5.41, 5.74) is 3.95. The van der Waals surface area contributed by atoms with Crippen LogP contribution in [0.5, 0.6) is 0 Å². The van der Waals surface area contributed by atoms with E-state index in [1.165, 1.54) is 5.56 Å². The van der Waals surface area contributed by atoms with Crippen molar-refractivity contribution >= 4 is 23.5 Å². The van der Waals surface area contributed by atoms with Gasteiger partial charge in [-0.15, -0.1) is 0 Å². The molecule has 4 rings (SSSR count). The Bertz CT molecular complexity index is 955. The average molecular weight is 423 g/mol. The van der Waals surface area contributed by atoms with Crippen molar-refractivity contribution in [2.24, 2.45) is 0 Å². The van der Waals surface area contributed by atoms with Crippen LogP contribution in [0.25, 0.3) is 5.69 Å².